The minimum atomic E-state index is -1.01. The van der Waals surface area contributed by atoms with Gasteiger partial charge in [-0.2, -0.15) is 0 Å². The number of aromatic carboxylic acids is 1. The topological polar surface area (TPSA) is 81.1 Å². The second-order valence-corrected chi connectivity index (χ2v) is 5.64. The number of hydrogen-bond acceptors (Lipinski definition) is 4. The zero-order valence-electron chi connectivity index (χ0n) is 11.0. The van der Waals surface area contributed by atoms with Crippen LogP contribution in [0.3, 0.4) is 0 Å². The molecule has 0 atom stereocenters. The van der Waals surface area contributed by atoms with Gasteiger partial charge < -0.3 is 15.4 Å². The summed E-state index contributed by atoms with van der Waals surface area (Å²) in [5.41, 5.74) is 9.07. The fourth-order valence-electron chi connectivity index (χ4n) is 2.35. The first-order chi connectivity index (χ1) is 9.49. The van der Waals surface area contributed by atoms with Crippen LogP contribution in [0.15, 0.2) is 24.4 Å². The van der Waals surface area contributed by atoms with Crippen molar-refractivity contribution in [3.63, 3.8) is 0 Å². The molecule has 0 unspecified atom stereocenters. The maximum Gasteiger partial charge on any atom is 0.348 e. The Morgan fingerprint density at radius 3 is 2.85 bits per heavy atom. The molecule has 0 saturated heterocycles. The number of carbonyl (C=O) groups is 1. The number of thiophene rings is 1. The first-order valence-corrected chi connectivity index (χ1v) is 6.85. The molecule has 3 N–H and O–H groups in total. The zero-order chi connectivity index (χ0) is 14.4. The molecule has 3 heterocycles. The smallest absolute Gasteiger partial charge is 0.348 e. The van der Waals surface area contributed by atoms with Crippen LogP contribution in [0.25, 0.3) is 21.5 Å². The Bertz CT molecular complexity index is 832. The van der Waals surface area contributed by atoms with Crippen molar-refractivity contribution in [1.29, 1.82) is 0 Å². The molecule has 3 aromatic rings. The summed E-state index contributed by atoms with van der Waals surface area (Å²) in [6, 6.07) is 5.86. The Hall–Kier alpha value is -2.34. The number of fused-ring (bicyclic) bond motifs is 1. The Kier molecular flexibility index (Phi) is 2.76. The van der Waals surface area contributed by atoms with E-state index >= 15 is 0 Å². The van der Waals surface area contributed by atoms with E-state index in [1.54, 1.807) is 0 Å². The third-order valence-corrected chi connectivity index (χ3v) is 4.33. The van der Waals surface area contributed by atoms with Crippen LogP contribution in [-0.4, -0.2) is 20.6 Å². The van der Waals surface area contributed by atoms with Crippen LogP contribution < -0.4 is 5.73 Å². The van der Waals surface area contributed by atoms with Crippen molar-refractivity contribution >= 4 is 33.2 Å². The molecular weight excluding hydrogens is 274 g/mol. The van der Waals surface area contributed by atoms with E-state index in [2.05, 4.69) is 4.98 Å². The van der Waals surface area contributed by atoms with E-state index in [-0.39, 0.29) is 4.88 Å². The van der Waals surface area contributed by atoms with Crippen molar-refractivity contribution in [1.82, 2.24) is 9.55 Å². The second kappa shape index (κ2) is 4.35. The summed E-state index contributed by atoms with van der Waals surface area (Å²) >= 11 is 1.12. The second-order valence-electron chi connectivity index (χ2n) is 4.65. The highest BCUT2D eigenvalue weighted by Gasteiger charge is 2.20. The third-order valence-electron chi connectivity index (χ3n) is 3.24. The van der Waals surface area contributed by atoms with Crippen molar-refractivity contribution in [2.24, 2.45) is 7.05 Å². The average molecular weight is 287 g/mol. The summed E-state index contributed by atoms with van der Waals surface area (Å²) in [6.07, 6.45) is 1.94. The van der Waals surface area contributed by atoms with Crippen LogP contribution in [0.4, 0.5) is 5.69 Å². The van der Waals surface area contributed by atoms with Crippen LogP contribution in [0.1, 0.15) is 15.4 Å². The fraction of sp³-hybridized carbons (Fsp3) is 0.143. The maximum absolute atomic E-state index is 11.2. The van der Waals surface area contributed by atoms with Gasteiger partial charge in [-0.3, -0.25) is 0 Å². The Balaban J connectivity index is 2.43. The molecule has 6 heteroatoms. The van der Waals surface area contributed by atoms with Gasteiger partial charge in [-0.1, -0.05) is 0 Å². The van der Waals surface area contributed by atoms with Gasteiger partial charge in [0.1, 0.15) is 9.71 Å². The van der Waals surface area contributed by atoms with Crippen LogP contribution in [0.5, 0.6) is 0 Å². The number of anilines is 1. The number of carboxylic acids is 1. The normalized spacial score (nSPS) is 11.1. The lowest BCUT2D eigenvalue weighted by Crippen LogP contribution is -1.98. The maximum atomic E-state index is 11.2. The van der Waals surface area contributed by atoms with Crippen molar-refractivity contribution in [2.75, 3.05) is 5.73 Å². The van der Waals surface area contributed by atoms with E-state index in [4.69, 9.17) is 5.73 Å². The Labute approximate surface area is 119 Å². The van der Waals surface area contributed by atoms with Crippen molar-refractivity contribution in [3.05, 3.63) is 35.0 Å². The molecule has 3 rings (SSSR count). The summed E-state index contributed by atoms with van der Waals surface area (Å²) in [4.78, 5) is 16.5. The summed E-state index contributed by atoms with van der Waals surface area (Å²) in [5.74, 6) is -1.01. The van der Waals surface area contributed by atoms with Crippen LogP contribution >= 0.6 is 11.3 Å². The summed E-state index contributed by atoms with van der Waals surface area (Å²) in [6.45, 7) is 1.89. The van der Waals surface area contributed by atoms with Crippen LogP contribution in [0.2, 0.25) is 0 Å². The molecule has 102 valence electrons. The molecule has 20 heavy (non-hydrogen) atoms. The molecule has 0 amide bonds. The van der Waals surface area contributed by atoms with Crippen molar-refractivity contribution in [3.8, 4) is 11.3 Å². The Morgan fingerprint density at radius 2 is 2.25 bits per heavy atom. The van der Waals surface area contributed by atoms with Gasteiger partial charge in [-0.05, 0) is 25.1 Å². The third kappa shape index (κ3) is 1.77. The Morgan fingerprint density at radius 1 is 1.50 bits per heavy atom. The van der Waals surface area contributed by atoms with Gasteiger partial charge in [0, 0.05) is 35.6 Å². The van der Waals surface area contributed by atoms with Crippen molar-refractivity contribution < 1.29 is 9.90 Å². The minimum Gasteiger partial charge on any atom is -0.477 e. The number of nitrogens with two attached hydrogens (primary N) is 1. The molecule has 0 fully saturated rings. The number of aryl methyl sites for hydroxylation is 2. The predicted molar refractivity (Wildman–Crippen MR) is 80.1 cm³/mol. The highest BCUT2D eigenvalue weighted by Crippen LogP contribution is 2.39. The number of aromatic nitrogens is 2. The highest BCUT2D eigenvalue weighted by molar-refractivity contribution is 7.21. The quantitative estimate of drug-likeness (QED) is 0.759. The molecule has 0 radical (unpaired) electrons. The first kappa shape index (κ1) is 12.7. The number of hydrogen-bond donors (Lipinski definition) is 2. The zero-order valence-corrected chi connectivity index (χ0v) is 11.9. The number of nitrogen functional groups attached to an aromatic ring is 1. The molecule has 0 aliphatic carbocycles. The molecule has 3 aromatic heterocycles. The number of nitrogens with zero attached hydrogens (tertiary/aromatic N) is 2. The number of rotatable bonds is 2. The van der Waals surface area contributed by atoms with Gasteiger partial charge in [0.2, 0.25) is 0 Å². The fourth-order valence-corrected chi connectivity index (χ4v) is 3.35. The van der Waals surface area contributed by atoms with Crippen LogP contribution in [0, 0.1) is 6.92 Å². The molecule has 0 aromatic carbocycles. The van der Waals surface area contributed by atoms with E-state index in [0.717, 1.165) is 33.7 Å². The lowest BCUT2D eigenvalue weighted by Gasteiger charge is -2.07. The van der Waals surface area contributed by atoms with Gasteiger partial charge >= 0.3 is 5.97 Å². The minimum absolute atomic E-state index is 0.147. The van der Waals surface area contributed by atoms with E-state index in [1.807, 2.05) is 42.9 Å². The van der Waals surface area contributed by atoms with Gasteiger partial charge in [-0.15, -0.1) is 11.3 Å². The van der Waals surface area contributed by atoms with E-state index in [1.165, 1.54) is 0 Å². The lowest BCUT2D eigenvalue weighted by molar-refractivity contribution is 0.0703. The van der Waals surface area contributed by atoms with E-state index < -0.39 is 5.97 Å². The summed E-state index contributed by atoms with van der Waals surface area (Å²) < 4.78 is 1.98. The van der Waals surface area contributed by atoms with Gasteiger partial charge in [0.25, 0.3) is 0 Å². The average Bonchev–Trinajstić information content (AvgIpc) is 2.93. The molecule has 0 saturated carbocycles. The molecule has 0 aliphatic rings. The highest BCUT2D eigenvalue weighted by atomic mass is 32.1. The molecule has 0 aliphatic heterocycles. The van der Waals surface area contributed by atoms with E-state index in [0.29, 0.717) is 10.5 Å². The molecule has 0 bridgehead atoms. The summed E-state index contributed by atoms with van der Waals surface area (Å²) in [7, 11) is 1.94. The van der Waals surface area contributed by atoms with E-state index in [9.17, 15) is 9.90 Å². The van der Waals surface area contributed by atoms with Gasteiger partial charge in [-0.25, -0.2) is 9.78 Å². The standard InChI is InChI=1S/C14H13N3O2S/c1-7-6-8(9-4-3-5-17(9)2)10-11(15)12(14(18)19)20-13(10)16-7/h3-6H,15H2,1-2H3,(H,18,19). The van der Waals surface area contributed by atoms with Gasteiger partial charge in [0.15, 0.2) is 0 Å². The largest absolute Gasteiger partial charge is 0.477 e. The molecule has 0 spiro atoms. The predicted octanol–water partition coefficient (Wildman–Crippen LogP) is 2.89. The summed E-state index contributed by atoms with van der Waals surface area (Å²) in [5, 5.41) is 9.93. The number of pyridine rings is 1. The number of carboxylic acid groups (broad SMARTS) is 1. The molecular formula is C14H13N3O2S. The first-order valence-electron chi connectivity index (χ1n) is 6.03. The van der Waals surface area contributed by atoms with Gasteiger partial charge in [0.05, 0.1) is 5.69 Å². The SMILES string of the molecule is Cc1cc(-c2cccn2C)c2c(N)c(C(=O)O)sc2n1. The van der Waals surface area contributed by atoms with Crippen molar-refractivity contribution in [2.45, 2.75) is 6.92 Å². The van der Waals surface area contributed by atoms with Crippen LogP contribution in [-0.2, 0) is 7.05 Å². The lowest BCUT2D eigenvalue weighted by atomic mass is 10.1. The molecule has 5 nitrogen and oxygen atoms in total. The monoisotopic (exact) mass is 287 g/mol.